The molecule has 5 fully saturated rings. The van der Waals surface area contributed by atoms with E-state index in [0.717, 1.165) is 19.4 Å². The molecule has 4 aliphatic heterocycles. The second-order valence-corrected chi connectivity index (χ2v) is 7.22. The van der Waals surface area contributed by atoms with Gasteiger partial charge in [0, 0.05) is 12.3 Å². The highest BCUT2D eigenvalue weighted by molar-refractivity contribution is 5.08. The summed E-state index contributed by atoms with van der Waals surface area (Å²) in [4.78, 5) is 11.7. The summed E-state index contributed by atoms with van der Waals surface area (Å²) >= 11 is 0. The van der Waals surface area contributed by atoms with E-state index >= 15 is 0 Å². The van der Waals surface area contributed by atoms with Crippen molar-refractivity contribution < 1.29 is 19.2 Å². The van der Waals surface area contributed by atoms with Crippen LogP contribution in [0.5, 0.6) is 0 Å². The zero-order valence-corrected chi connectivity index (χ0v) is 12.1. The van der Waals surface area contributed by atoms with Gasteiger partial charge in [-0.25, -0.2) is 9.78 Å². The fourth-order valence-corrected chi connectivity index (χ4v) is 4.88. The van der Waals surface area contributed by atoms with Crippen LogP contribution in [0.1, 0.15) is 46.5 Å². The molecule has 6 unspecified atom stereocenters. The van der Waals surface area contributed by atoms with Crippen molar-refractivity contribution >= 4 is 0 Å². The number of hydrogen-bond acceptors (Lipinski definition) is 4. The summed E-state index contributed by atoms with van der Waals surface area (Å²) in [7, 11) is 0. The lowest BCUT2D eigenvalue weighted by atomic mass is 9.58. The van der Waals surface area contributed by atoms with Crippen molar-refractivity contribution in [3.8, 4) is 0 Å². The molecule has 7 atom stereocenters. The van der Waals surface area contributed by atoms with Crippen molar-refractivity contribution in [1.82, 2.24) is 0 Å². The van der Waals surface area contributed by atoms with Gasteiger partial charge in [-0.1, -0.05) is 13.8 Å². The Bertz CT molecular complexity index is 386. The summed E-state index contributed by atoms with van der Waals surface area (Å²) in [5.41, 5.74) is -0.370. The Kier molecular flexibility index (Phi) is 2.61. The summed E-state index contributed by atoms with van der Waals surface area (Å²) in [6.07, 6.45) is 4.24. The van der Waals surface area contributed by atoms with E-state index in [0.29, 0.717) is 23.7 Å². The Morgan fingerprint density at radius 3 is 2.58 bits per heavy atom. The zero-order chi connectivity index (χ0) is 13.3. The van der Waals surface area contributed by atoms with Crippen molar-refractivity contribution in [2.45, 2.75) is 64.1 Å². The first-order valence-corrected chi connectivity index (χ1v) is 7.71. The fraction of sp³-hybridized carbons (Fsp3) is 1.00. The minimum atomic E-state index is -0.627. The van der Waals surface area contributed by atoms with Crippen LogP contribution in [-0.2, 0) is 19.2 Å². The lowest BCUT2D eigenvalue weighted by molar-refractivity contribution is -0.566. The van der Waals surface area contributed by atoms with E-state index in [1.807, 2.05) is 6.92 Å². The van der Waals surface area contributed by atoms with Crippen LogP contribution in [0, 0.1) is 23.7 Å². The van der Waals surface area contributed by atoms with Crippen molar-refractivity contribution in [2.75, 3.05) is 6.61 Å². The van der Waals surface area contributed by atoms with E-state index in [1.54, 1.807) is 0 Å². The molecular weight excluding hydrogens is 244 g/mol. The lowest BCUT2D eigenvalue weighted by Gasteiger charge is -2.58. The van der Waals surface area contributed by atoms with Gasteiger partial charge in [-0.15, -0.1) is 0 Å². The average Bonchev–Trinajstić information content (AvgIpc) is 2.61. The summed E-state index contributed by atoms with van der Waals surface area (Å²) in [6, 6.07) is 0. The highest BCUT2D eigenvalue weighted by Crippen LogP contribution is 2.59. The van der Waals surface area contributed by atoms with Gasteiger partial charge < -0.3 is 9.47 Å². The van der Waals surface area contributed by atoms with Crippen molar-refractivity contribution in [2.24, 2.45) is 23.7 Å². The molecule has 5 rings (SSSR count). The fourth-order valence-electron chi connectivity index (χ4n) is 4.88. The van der Waals surface area contributed by atoms with Gasteiger partial charge in [0.15, 0.2) is 11.9 Å². The molecule has 4 heteroatoms. The van der Waals surface area contributed by atoms with Crippen LogP contribution in [0.2, 0.25) is 0 Å². The molecule has 4 heterocycles. The highest BCUT2D eigenvalue weighted by atomic mass is 17.3. The minimum absolute atomic E-state index is 0.248. The molecule has 0 amide bonds. The topological polar surface area (TPSA) is 36.9 Å². The molecule has 1 saturated carbocycles. The van der Waals surface area contributed by atoms with Crippen LogP contribution in [0.15, 0.2) is 0 Å². The van der Waals surface area contributed by atoms with Crippen LogP contribution in [0.3, 0.4) is 0 Å². The lowest BCUT2D eigenvalue weighted by Crippen LogP contribution is -2.68. The van der Waals surface area contributed by atoms with Crippen molar-refractivity contribution in [3.05, 3.63) is 0 Å². The van der Waals surface area contributed by atoms with E-state index in [2.05, 4.69) is 13.8 Å². The maximum Gasteiger partial charge on any atom is 0.201 e. The number of ether oxygens (including phenoxy) is 2. The Labute approximate surface area is 114 Å². The summed E-state index contributed by atoms with van der Waals surface area (Å²) in [5.74, 6) is 1.53. The van der Waals surface area contributed by atoms with E-state index in [9.17, 15) is 0 Å². The molecule has 5 aliphatic rings. The first-order chi connectivity index (χ1) is 9.05. The number of fused-ring (bicyclic) bond motifs is 2. The van der Waals surface area contributed by atoms with Gasteiger partial charge in [-0.05, 0) is 43.9 Å². The molecule has 2 bridgehead atoms. The predicted octanol–water partition coefficient (Wildman–Crippen LogP) is 2.87. The third-order valence-electron chi connectivity index (χ3n) is 5.97. The van der Waals surface area contributed by atoms with Crippen LogP contribution in [-0.4, -0.2) is 24.3 Å². The molecule has 0 N–H and O–H groups in total. The molecule has 108 valence electrons. The second-order valence-electron chi connectivity index (χ2n) is 7.22. The molecule has 0 aromatic rings. The molecule has 0 aromatic carbocycles. The molecule has 1 spiro atoms. The van der Waals surface area contributed by atoms with Crippen LogP contribution in [0.4, 0.5) is 0 Å². The smallest absolute Gasteiger partial charge is 0.201 e. The maximum absolute atomic E-state index is 6.16. The van der Waals surface area contributed by atoms with Gasteiger partial charge in [0.05, 0.1) is 6.61 Å². The molecule has 0 radical (unpaired) electrons. The zero-order valence-electron chi connectivity index (χ0n) is 12.1. The van der Waals surface area contributed by atoms with E-state index in [4.69, 9.17) is 19.2 Å². The normalized spacial score (nSPS) is 60.5. The summed E-state index contributed by atoms with van der Waals surface area (Å²) in [6.45, 7) is 7.36. The van der Waals surface area contributed by atoms with Crippen molar-refractivity contribution in [3.63, 3.8) is 0 Å². The van der Waals surface area contributed by atoms with Gasteiger partial charge >= 0.3 is 0 Å². The van der Waals surface area contributed by atoms with E-state index in [1.165, 1.54) is 12.8 Å². The Morgan fingerprint density at radius 2 is 1.74 bits per heavy atom. The molecular formula is C15H24O4. The first-order valence-electron chi connectivity index (χ1n) is 7.71. The summed E-state index contributed by atoms with van der Waals surface area (Å²) < 4.78 is 12.2. The number of rotatable bonds is 0. The molecule has 4 saturated heterocycles. The van der Waals surface area contributed by atoms with Gasteiger partial charge in [0.2, 0.25) is 5.79 Å². The average molecular weight is 268 g/mol. The van der Waals surface area contributed by atoms with Crippen molar-refractivity contribution in [1.29, 1.82) is 0 Å². The molecule has 1 aliphatic carbocycles. The molecule has 0 aromatic heterocycles. The first kappa shape index (κ1) is 12.6. The monoisotopic (exact) mass is 268 g/mol. The quantitative estimate of drug-likeness (QED) is 0.633. The largest absolute Gasteiger partial charge is 0.349 e. The predicted molar refractivity (Wildman–Crippen MR) is 67.9 cm³/mol. The van der Waals surface area contributed by atoms with Crippen LogP contribution in [0.25, 0.3) is 0 Å². The van der Waals surface area contributed by atoms with Gasteiger partial charge in [-0.2, -0.15) is 0 Å². The molecule has 4 nitrogen and oxygen atoms in total. The summed E-state index contributed by atoms with van der Waals surface area (Å²) in [5, 5.41) is 0. The molecule has 19 heavy (non-hydrogen) atoms. The Morgan fingerprint density at radius 1 is 0.947 bits per heavy atom. The SMILES string of the molecule is CC1CCC2[C@@H](C)COC3OC4(C)CCC1C32OO4. The van der Waals surface area contributed by atoms with E-state index < -0.39 is 5.79 Å². The minimum Gasteiger partial charge on any atom is -0.349 e. The highest BCUT2D eigenvalue weighted by Gasteiger charge is 2.67. The van der Waals surface area contributed by atoms with Gasteiger partial charge in [0.25, 0.3) is 0 Å². The van der Waals surface area contributed by atoms with Crippen LogP contribution >= 0.6 is 0 Å². The second kappa shape index (κ2) is 3.94. The third-order valence-corrected chi connectivity index (χ3v) is 5.97. The maximum atomic E-state index is 6.16. The standard InChI is InChI=1S/C15H24O4/c1-9-4-5-11-10(2)8-16-13-15(11)12(9)6-7-14(3,17-13)18-19-15/h9-13H,4-8H2,1-3H3/t9?,10-,11?,12?,13?,14?,15?/m0/s1. The van der Waals surface area contributed by atoms with Gasteiger partial charge in [0.1, 0.15) is 0 Å². The Hall–Kier alpha value is -0.160. The number of hydrogen-bond donors (Lipinski definition) is 0. The van der Waals surface area contributed by atoms with Gasteiger partial charge in [-0.3, -0.25) is 0 Å². The van der Waals surface area contributed by atoms with E-state index in [-0.39, 0.29) is 11.9 Å². The Balaban J connectivity index is 1.81. The van der Waals surface area contributed by atoms with Crippen LogP contribution < -0.4 is 0 Å². The third kappa shape index (κ3) is 1.54.